The summed E-state index contributed by atoms with van der Waals surface area (Å²) in [7, 11) is 0. The van der Waals surface area contributed by atoms with Gasteiger partial charge in [-0.25, -0.2) is 0 Å². The molecule has 3 heteroatoms. The van der Waals surface area contributed by atoms with Gasteiger partial charge < -0.3 is 0 Å². The van der Waals surface area contributed by atoms with E-state index in [4.69, 9.17) is 0 Å². The number of nitrogens with zero attached hydrogens (tertiary/aromatic N) is 1. The first-order chi connectivity index (χ1) is 10.3. The summed E-state index contributed by atoms with van der Waals surface area (Å²) in [6.45, 7) is 0.431. The predicted octanol–water partition coefficient (Wildman–Crippen LogP) is 2.24. The Bertz CT molecular complexity index is 629. The topological polar surface area (TPSA) is 37.4 Å². The van der Waals surface area contributed by atoms with Gasteiger partial charge in [0.2, 0.25) is 11.8 Å². The molecule has 0 radical (unpaired) electrons. The number of carbonyl (C=O) groups is 2. The summed E-state index contributed by atoms with van der Waals surface area (Å²) in [5.41, 5.74) is 1.03. The highest BCUT2D eigenvalue weighted by Gasteiger charge is 2.66. The standard InChI is InChI=1S/C18H17NO2/c20-17-15-11-6-7-12(14-8-13(11)14)16(15)18(21)19(17)9-10-4-2-1-3-5-10/h1-7,11-16H,8-9H2/t11-,12-,13-,14+,15+,16+/m0/s1. The average molecular weight is 279 g/mol. The van der Waals surface area contributed by atoms with E-state index in [1.54, 1.807) is 0 Å². The molecule has 0 spiro atoms. The zero-order valence-electron chi connectivity index (χ0n) is 11.7. The molecule has 0 aromatic heterocycles. The van der Waals surface area contributed by atoms with E-state index >= 15 is 0 Å². The van der Waals surface area contributed by atoms with E-state index in [2.05, 4.69) is 12.2 Å². The second-order valence-electron chi connectivity index (χ2n) is 6.90. The number of benzene rings is 1. The number of amides is 2. The van der Waals surface area contributed by atoms with Gasteiger partial charge in [-0.15, -0.1) is 0 Å². The van der Waals surface area contributed by atoms with Crippen LogP contribution in [0.25, 0.3) is 0 Å². The molecule has 2 saturated carbocycles. The minimum atomic E-state index is -0.0695. The maximum absolute atomic E-state index is 12.8. The van der Waals surface area contributed by atoms with Crippen LogP contribution in [0.3, 0.4) is 0 Å². The smallest absolute Gasteiger partial charge is 0.234 e. The average Bonchev–Trinajstić information content (AvgIpc) is 3.30. The van der Waals surface area contributed by atoms with Crippen molar-refractivity contribution in [2.75, 3.05) is 0 Å². The third-order valence-electron chi connectivity index (χ3n) is 5.94. The Kier molecular flexibility index (Phi) is 2.15. The second kappa shape index (κ2) is 3.85. The fraction of sp³-hybridized carbons (Fsp3) is 0.444. The first-order valence-electron chi connectivity index (χ1n) is 7.83. The van der Waals surface area contributed by atoms with E-state index < -0.39 is 0 Å². The van der Waals surface area contributed by atoms with Crippen LogP contribution in [0.15, 0.2) is 42.5 Å². The summed E-state index contributed by atoms with van der Waals surface area (Å²) in [4.78, 5) is 27.1. The zero-order valence-corrected chi connectivity index (χ0v) is 11.7. The van der Waals surface area contributed by atoms with Gasteiger partial charge in [-0.1, -0.05) is 42.5 Å². The van der Waals surface area contributed by atoms with E-state index in [0.29, 0.717) is 30.2 Å². The van der Waals surface area contributed by atoms with Crippen LogP contribution in [-0.2, 0) is 16.1 Å². The minimum absolute atomic E-state index is 0.0681. The van der Waals surface area contributed by atoms with E-state index in [1.807, 2.05) is 30.3 Å². The molecule has 2 bridgehead atoms. The number of carbonyl (C=O) groups excluding carboxylic acids is 2. The van der Waals surface area contributed by atoms with E-state index in [-0.39, 0.29) is 23.7 Å². The molecular weight excluding hydrogens is 262 g/mol. The van der Waals surface area contributed by atoms with Crippen molar-refractivity contribution in [1.29, 1.82) is 0 Å². The lowest BCUT2D eigenvalue weighted by Gasteiger charge is -2.37. The molecule has 106 valence electrons. The summed E-state index contributed by atoms with van der Waals surface area (Å²) < 4.78 is 0. The molecule has 1 aliphatic heterocycles. The van der Waals surface area contributed by atoms with Gasteiger partial charge in [0.1, 0.15) is 0 Å². The predicted molar refractivity (Wildman–Crippen MR) is 76.7 cm³/mol. The van der Waals surface area contributed by atoms with Crippen LogP contribution in [0.1, 0.15) is 12.0 Å². The number of likely N-dealkylation sites (tertiary alicyclic amines) is 1. The van der Waals surface area contributed by atoms with Crippen molar-refractivity contribution in [2.45, 2.75) is 13.0 Å². The molecule has 3 nitrogen and oxygen atoms in total. The van der Waals surface area contributed by atoms with Gasteiger partial charge >= 0.3 is 0 Å². The normalized spacial score (nSPS) is 42.2. The summed E-state index contributed by atoms with van der Waals surface area (Å²) in [5.74, 6) is 1.99. The second-order valence-corrected chi connectivity index (χ2v) is 6.90. The number of hydrogen-bond donors (Lipinski definition) is 0. The van der Waals surface area contributed by atoms with Crippen LogP contribution in [0, 0.1) is 35.5 Å². The van der Waals surface area contributed by atoms with Crippen LogP contribution in [0.2, 0.25) is 0 Å². The van der Waals surface area contributed by atoms with Gasteiger partial charge in [-0.3, -0.25) is 14.5 Å². The Morgan fingerprint density at radius 1 is 0.905 bits per heavy atom. The quantitative estimate of drug-likeness (QED) is 0.615. The monoisotopic (exact) mass is 279 g/mol. The largest absolute Gasteiger partial charge is 0.278 e. The van der Waals surface area contributed by atoms with Gasteiger partial charge in [0.05, 0.1) is 18.4 Å². The van der Waals surface area contributed by atoms with Gasteiger partial charge in [-0.2, -0.15) is 0 Å². The van der Waals surface area contributed by atoms with Crippen LogP contribution >= 0.6 is 0 Å². The molecule has 1 aromatic rings. The van der Waals surface area contributed by atoms with Crippen LogP contribution < -0.4 is 0 Å². The number of hydrogen-bond acceptors (Lipinski definition) is 2. The van der Waals surface area contributed by atoms with Gasteiger partial charge in [-0.05, 0) is 35.7 Å². The highest BCUT2D eigenvalue weighted by Crippen LogP contribution is 2.65. The number of allylic oxidation sites excluding steroid dienone is 2. The summed E-state index contributed by atoms with van der Waals surface area (Å²) >= 11 is 0. The Morgan fingerprint density at radius 2 is 1.48 bits per heavy atom. The van der Waals surface area contributed by atoms with Crippen molar-refractivity contribution >= 4 is 11.8 Å². The third kappa shape index (κ3) is 1.44. The van der Waals surface area contributed by atoms with Crippen LogP contribution in [0.4, 0.5) is 0 Å². The molecule has 21 heavy (non-hydrogen) atoms. The molecule has 6 rings (SSSR count). The van der Waals surface area contributed by atoms with E-state index in [1.165, 1.54) is 11.3 Å². The van der Waals surface area contributed by atoms with Crippen molar-refractivity contribution < 1.29 is 9.59 Å². The lowest BCUT2D eigenvalue weighted by Crippen LogP contribution is -2.40. The molecule has 1 heterocycles. The minimum Gasteiger partial charge on any atom is -0.278 e. The molecule has 5 aliphatic rings. The Balaban J connectivity index is 1.49. The lowest BCUT2D eigenvalue weighted by molar-refractivity contribution is -0.140. The lowest BCUT2D eigenvalue weighted by atomic mass is 9.63. The van der Waals surface area contributed by atoms with Crippen molar-refractivity contribution in [2.24, 2.45) is 35.5 Å². The SMILES string of the molecule is O=C1[C@@H]2[C@H]3C=C[C@@H]([C@@H]4C[C@H]34)[C@H]2C(=O)N1Cc1ccccc1. The van der Waals surface area contributed by atoms with Gasteiger partial charge in [0, 0.05) is 0 Å². The maximum atomic E-state index is 12.8. The Hall–Kier alpha value is -1.90. The highest BCUT2D eigenvalue weighted by atomic mass is 16.2. The molecule has 3 fully saturated rings. The van der Waals surface area contributed by atoms with Gasteiger partial charge in [0.25, 0.3) is 0 Å². The van der Waals surface area contributed by atoms with E-state index in [0.717, 1.165) is 5.56 Å². The third-order valence-corrected chi connectivity index (χ3v) is 5.94. The molecule has 6 atom stereocenters. The molecule has 0 unspecified atom stereocenters. The number of rotatable bonds is 2. The summed E-state index contributed by atoms with van der Waals surface area (Å²) in [6.07, 6.45) is 5.66. The summed E-state index contributed by atoms with van der Waals surface area (Å²) in [5, 5.41) is 0. The fourth-order valence-electron chi connectivity index (χ4n) is 4.94. The Morgan fingerprint density at radius 3 is 2.05 bits per heavy atom. The molecular formula is C18H17NO2. The van der Waals surface area contributed by atoms with Crippen molar-refractivity contribution in [1.82, 2.24) is 4.90 Å². The van der Waals surface area contributed by atoms with Crippen LogP contribution in [0.5, 0.6) is 0 Å². The molecule has 4 aliphatic carbocycles. The zero-order chi connectivity index (χ0) is 14.1. The molecule has 1 saturated heterocycles. The number of imide groups is 1. The molecule has 1 aromatic carbocycles. The van der Waals surface area contributed by atoms with Crippen molar-refractivity contribution in [3.8, 4) is 0 Å². The fourth-order valence-corrected chi connectivity index (χ4v) is 4.94. The summed E-state index contributed by atoms with van der Waals surface area (Å²) in [6, 6.07) is 9.82. The molecule has 2 amide bonds. The first kappa shape index (κ1) is 11.7. The first-order valence-corrected chi connectivity index (χ1v) is 7.83. The van der Waals surface area contributed by atoms with Crippen LogP contribution in [-0.4, -0.2) is 16.7 Å². The molecule has 0 N–H and O–H groups in total. The van der Waals surface area contributed by atoms with Crippen molar-refractivity contribution in [3.63, 3.8) is 0 Å². The van der Waals surface area contributed by atoms with E-state index in [9.17, 15) is 9.59 Å². The van der Waals surface area contributed by atoms with Crippen molar-refractivity contribution in [3.05, 3.63) is 48.0 Å². The maximum Gasteiger partial charge on any atom is 0.234 e. The Labute approximate surface area is 123 Å². The highest BCUT2D eigenvalue weighted by molar-refractivity contribution is 6.06. The van der Waals surface area contributed by atoms with Gasteiger partial charge in [0.15, 0.2) is 0 Å².